The first-order chi connectivity index (χ1) is 10.5. The molecule has 1 heterocycles. The monoisotopic (exact) mass is 367 g/mol. The first-order valence-corrected chi connectivity index (χ1v) is 7.87. The molecule has 1 aromatic rings. The maximum absolute atomic E-state index is 12.5. The lowest BCUT2D eigenvalue weighted by atomic mass is 9.97. The Hall–Kier alpha value is -1.82. The van der Waals surface area contributed by atoms with Gasteiger partial charge in [0.05, 0.1) is 10.4 Å². The summed E-state index contributed by atoms with van der Waals surface area (Å²) in [5.41, 5.74) is 0.517. The maximum Gasteiger partial charge on any atom is 0.308 e. The number of carboxylic acid groups (broad SMARTS) is 1. The van der Waals surface area contributed by atoms with E-state index in [0.717, 1.165) is 0 Å². The molecule has 1 aliphatic rings. The zero-order chi connectivity index (χ0) is 16.1. The van der Waals surface area contributed by atoms with Crippen molar-refractivity contribution in [3.63, 3.8) is 0 Å². The number of halogens is 1. The molecule has 0 aliphatic carbocycles. The number of carboxylic acids is 1. The summed E-state index contributed by atoms with van der Waals surface area (Å²) in [7, 11) is 0. The Morgan fingerprint density at radius 3 is 2.91 bits per heavy atom. The molecule has 118 valence electrons. The number of amides is 1. The van der Waals surface area contributed by atoms with Crippen molar-refractivity contribution in [2.75, 3.05) is 19.7 Å². The number of rotatable bonds is 5. The van der Waals surface area contributed by atoms with Gasteiger partial charge in [0.1, 0.15) is 12.4 Å². The van der Waals surface area contributed by atoms with E-state index >= 15 is 0 Å². The minimum atomic E-state index is -0.841. The summed E-state index contributed by atoms with van der Waals surface area (Å²) in [4.78, 5) is 25.2. The third-order valence-corrected chi connectivity index (χ3v) is 4.21. The van der Waals surface area contributed by atoms with Crippen LogP contribution >= 0.6 is 15.9 Å². The van der Waals surface area contributed by atoms with E-state index in [1.807, 2.05) is 0 Å². The lowest BCUT2D eigenvalue weighted by molar-refractivity contribution is -0.143. The van der Waals surface area contributed by atoms with Crippen LogP contribution < -0.4 is 4.74 Å². The minimum Gasteiger partial charge on any atom is -0.488 e. The van der Waals surface area contributed by atoms with Crippen molar-refractivity contribution < 1.29 is 19.4 Å². The fourth-order valence-corrected chi connectivity index (χ4v) is 2.94. The largest absolute Gasteiger partial charge is 0.488 e. The zero-order valence-electron chi connectivity index (χ0n) is 12.1. The van der Waals surface area contributed by atoms with E-state index in [1.54, 1.807) is 29.2 Å². The van der Waals surface area contributed by atoms with E-state index in [2.05, 4.69) is 22.5 Å². The molecule has 1 saturated heterocycles. The first-order valence-electron chi connectivity index (χ1n) is 7.08. The van der Waals surface area contributed by atoms with E-state index in [9.17, 15) is 9.59 Å². The Morgan fingerprint density at radius 2 is 2.27 bits per heavy atom. The number of carbonyl (C=O) groups excluding carboxylic acids is 1. The molecular weight excluding hydrogens is 350 g/mol. The van der Waals surface area contributed by atoms with Gasteiger partial charge >= 0.3 is 5.97 Å². The van der Waals surface area contributed by atoms with E-state index in [1.165, 1.54) is 0 Å². The number of benzene rings is 1. The average molecular weight is 368 g/mol. The highest BCUT2D eigenvalue weighted by molar-refractivity contribution is 9.10. The summed E-state index contributed by atoms with van der Waals surface area (Å²) in [6, 6.07) is 5.11. The smallest absolute Gasteiger partial charge is 0.308 e. The van der Waals surface area contributed by atoms with Crippen molar-refractivity contribution in [1.82, 2.24) is 4.90 Å². The van der Waals surface area contributed by atoms with Crippen LogP contribution in [0.5, 0.6) is 5.75 Å². The Balaban J connectivity index is 2.10. The molecular formula is C16H18BrNO4. The molecule has 0 radical (unpaired) electrons. The summed E-state index contributed by atoms with van der Waals surface area (Å²) in [5, 5.41) is 9.10. The molecule has 1 unspecified atom stereocenters. The van der Waals surface area contributed by atoms with Crippen LogP contribution in [0.4, 0.5) is 0 Å². The quantitative estimate of drug-likeness (QED) is 0.812. The predicted octanol–water partition coefficient (Wildman–Crippen LogP) is 2.95. The molecule has 2 rings (SSSR count). The predicted molar refractivity (Wildman–Crippen MR) is 86.1 cm³/mol. The van der Waals surface area contributed by atoms with E-state index in [0.29, 0.717) is 41.8 Å². The van der Waals surface area contributed by atoms with Crippen LogP contribution in [-0.2, 0) is 4.79 Å². The van der Waals surface area contributed by atoms with Gasteiger partial charge in [-0.3, -0.25) is 9.59 Å². The van der Waals surface area contributed by atoms with Crippen molar-refractivity contribution in [2.45, 2.75) is 12.8 Å². The Morgan fingerprint density at radius 1 is 1.50 bits per heavy atom. The highest BCUT2D eigenvalue weighted by Gasteiger charge is 2.28. The number of aliphatic carboxylic acids is 1. The fraction of sp³-hybridized carbons (Fsp3) is 0.375. The second-order valence-corrected chi connectivity index (χ2v) is 6.03. The lowest BCUT2D eigenvalue weighted by Crippen LogP contribution is -2.42. The second kappa shape index (κ2) is 7.45. The van der Waals surface area contributed by atoms with Crippen LogP contribution in [0.2, 0.25) is 0 Å². The fourth-order valence-electron chi connectivity index (χ4n) is 2.45. The molecule has 0 aromatic heterocycles. The number of likely N-dealkylation sites (tertiary alicyclic amines) is 1. The zero-order valence-corrected chi connectivity index (χ0v) is 13.7. The number of hydrogen-bond donors (Lipinski definition) is 1. The molecule has 0 spiro atoms. The number of carbonyl (C=O) groups is 2. The SMILES string of the molecule is C=CCOc1ccc(C(=O)N2CCCC(C(=O)O)C2)cc1Br. The van der Waals surface area contributed by atoms with Gasteiger partial charge in [-0.2, -0.15) is 0 Å². The highest BCUT2D eigenvalue weighted by atomic mass is 79.9. The molecule has 0 saturated carbocycles. The van der Waals surface area contributed by atoms with Gasteiger partial charge in [-0.15, -0.1) is 0 Å². The van der Waals surface area contributed by atoms with Crippen LogP contribution in [0.3, 0.4) is 0 Å². The van der Waals surface area contributed by atoms with E-state index in [-0.39, 0.29) is 12.5 Å². The number of ether oxygens (including phenoxy) is 1. The third-order valence-electron chi connectivity index (χ3n) is 3.59. The van der Waals surface area contributed by atoms with Gasteiger partial charge in [0, 0.05) is 18.7 Å². The van der Waals surface area contributed by atoms with Gasteiger partial charge in [0.25, 0.3) is 5.91 Å². The summed E-state index contributed by atoms with van der Waals surface area (Å²) in [6.07, 6.45) is 2.98. The van der Waals surface area contributed by atoms with Crippen molar-refractivity contribution in [1.29, 1.82) is 0 Å². The van der Waals surface area contributed by atoms with Crippen molar-refractivity contribution in [3.05, 3.63) is 40.9 Å². The standard InChI is InChI=1S/C16H18BrNO4/c1-2-8-22-14-6-5-11(9-13(14)17)15(19)18-7-3-4-12(10-18)16(20)21/h2,5-6,9,12H,1,3-4,7-8,10H2,(H,20,21). The van der Waals surface area contributed by atoms with E-state index < -0.39 is 11.9 Å². The van der Waals surface area contributed by atoms with Crippen LogP contribution in [0.1, 0.15) is 23.2 Å². The topological polar surface area (TPSA) is 66.8 Å². The van der Waals surface area contributed by atoms with Crippen molar-refractivity contribution in [2.24, 2.45) is 5.92 Å². The van der Waals surface area contributed by atoms with Crippen LogP contribution in [0.25, 0.3) is 0 Å². The van der Waals surface area contributed by atoms with Gasteiger partial charge in [-0.1, -0.05) is 12.7 Å². The van der Waals surface area contributed by atoms with Crippen LogP contribution in [0, 0.1) is 5.92 Å². The molecule has 1 atom stereocenters. The Bertz CT molecular complexity index is 588. The highest BCUT2D eigenvalue weighted by Crippen LogP contribution is 2.27. The molecule has 1 N–H and O–H groups in total. The van der Waals surface area contributed by atoms with Crippen LogP contribution in [-0.4, -0.2) is 41.6 Å². The summed E-state index contributed by atoms with van der Waals surface area (Å²) in [5.74, 6) is -0.830. The van der Waals surface area contributed by atoms with Crippen molar-refractivity contribution in [3.8, 4) is 5.75 Å². The Labute approximate surface area is 137 Å². The molecule has 1 aliphatic heterocycles. The molecule has 1 fully saturated rings. The van der Waals surface area contributed by atoms with Crippen LogP contribution in [0.15, 0.2) is 35.3 Å². The third kappa shape index (κ3) is 3.88. The molecule has 22 heavy (non-hydrogen) atoms. The number of piperidine rings is 1. The van der Waals surface area contributed by atoms with Gasteiger partial charge in [-0.05, 0) is 47.0 Å². The minimum absolute atomic E-state index is 0.151. The summed E-state index contributed by atoms with van der Waals surface area (Å²) < 4.78 is 6.13. The Kier molecular flexibility index (Phi) is 5.60. The van der Waals surface area contributed by atoms with Gasteiger partial charge in [0.2, 0.25) is 0 Å². The lowest BCUT2D eigenvalue weighted by Gasteiger charge is -2.30. The van der Waals surface area contributed by atoms with Gasteiger partial charge in [0.15, 0.2) is 0 Å². The number of nitrogens with zero attached hydrogens (tertiary/aromatic N) is 1. The van der Waals surface area contributed by atoms with Gasteiger partial charge in [-0.25, -0.2) is 0 Å². The average Bonchev–Trinajstić information content (AvgIpc) is 2.53. The molecule has 5 nitrogen and oxygen atoms in total. The summed E-state index contributed by atoms with van der Waals surface area (Å²) >= 11 is 3.38. The summed E-state index contributed by atoms with van der Waals surface area (Å²) in [6.45, 7) is 4.83. The van der Waals surface area contributed by atoms with Crippen molar-refractivity contribution >= 4 is 27.8 Å². The molecule has 1 aromatic carbocycles. The molecule has 6 heteroatoms. The molecule has 1 amide bonds. The second-order valence-electron chi connectivity index (χ2n) is 5.17. The van der Waals surface area contributed by atoms with E-state index in [4.69, 9.17) is 9.84 Å². The first kappa shape index (κ1) is 16.5. The normalized spacial score (nSPS) is 17.9. The number of hydrogen-bond acceptors (Lipinski definition) is 3. The van der Waals surface area contributed by atoms with Gasteiger partial charge < -0.3 is 14.7 Å². The molecule has 0 bridgehead atoms. The maximum atomic E-state index is 12.5.